The van der Waals surface area contributed by atoms with Crippen LogP contribution in [0.15, 0.2) is 0 Å². The first kappa shape index (κ1) is 25.7. The molecule has 104 valence electrons. The van der Waals surface area contributed by atoms with Crippen LogP contribution >= 0.6 is 40.9 Å². The molecule has 0 rings (SSSR count). The Hall–Kier alpha value is 0.920. The van der Waals surface area contributed by atoms with Gasteiger partial charge in [0.05, 0.1) is 0 Å². The SMILES string of the molecule is CCS.CCS.O=P(O)(O)O.O=P(O)(O)O. The van der Waals surface area contributed by atoms with Crippen LogP contribution in [0.4, 0.5) is 0 Å². The molecule has 0 aliphatic rings. The highest BCUT2D eigenvalue weighted by Gasteiger charge is 2.00. The van der Waals surface area contributed by atoms with Crippen LogP contribution in [0.1, 0.15) is 13.8 Å². The van der Waals surface area contributed by atoms with Crippen LogP contribution in [0.25, 0.3) is 0 Å². The Morgan fingerprint density at radius 3 is 0.750 bits per heavy atom. The van der Waals surface area contributed by atoms with E-state index in [0.29, 0.717) is 0 Å². The molecule has 0 aliphatic heterocycles. The molecule has 6 N–H and O–H groups in total. The van der Waals surface area contributed by atoms with Crippen LogP contribution in [0.5, 0.6) is 0 Å². The van der Waals surface area contributed by atoms with Crippen molar-refractivity contribution in [2.24, 2.45) is 0 Å². The molecule has 12 heteroatoms. The molecular weight excluding hydrogens is 302 g/mol. The molecule has 0 bridgehead atoms. The lowest BCUT2D eigenvalue weighted by Gasteiger charge is -1.82. The molecule has 0 aromatic carbocycles. The monoisotopic (exact) mass is 320 g/mol. The second kappa shape index (κ2) is 15.9. The molecule has 0 aliphatic carbocycles. The van der Waals surface area contributed by atoms with E-state index in [2.05, 4.69) is 25.3 Å². The third-order valence-electron chi connectivity index (χ3n) is 0. The van der Waals surface area contributed by atoms with Crippen molar-refractivity contribution in [1.29, 1.82) is 0 Å². The minimum absolute atomic E-state index is 0.944. The van der Waals surface area contributed by atoms with Crippen LogP contribution in [-0.4, -0.2) is 40.9 Å². The molecule has 0 amide bonds. The highest BCUT2D eigenvalue weighted by atomic mass is 32.1. The maximum atomic E-state index is 8.88. The Bertz CT molecular complexity index is 162. The van der Waals surface area contributed by atoms with Crippen molar-refractivity contribution in [3.8, 4) is 0 Å². The Labute approximate surface area is 105 Å². The first-order valence-corrected chi connectivity index (χ1v) is 8.01. The molecule has 0 heterocycles. The van der Waals surface area contributed by atoms with Gasteiger partial charge in [-0.25, -0.2) is 9.13 Å². The van der Waals surface area contributed by atoms with Gasteiger partial charge in [0.15, 0.2) is 0 Å². The lowest BCUT2D eigenvalue weighted by atomic mass is 11.0. The highest BCUT2D eigenvalue weighted by molar-refractivity contribution is 7.80. The van der Waals surface area contributed by atoms with Gasteiger partial charge in [-0.1, -0.05) is 13.8 Å². The quantitative estimate of drug-likeness (QED) is 0.229. The summed E-state index contributed by atoms with van der Waals surface area (Å²) in [4.78, 5) is 43.1. The van der Waals surface area contributed by atoms with E-state index >= 15 is 0 Å². The van der Waals surface area contributed by atoms with E-state index in [1.807, 2.05) is 13.8 Å². The minimum Gasteiger partial charge on any atom is -0.303 e. The summed E-state index contributed by atoms with van der Waals surface area (Å²) >= 11 is 7.58. The third-order valence-corrected chi connectivity index (χ3v) is 0. The van der Waals surface area contributed by atoms with Gasteiger partial charge in [0.25, 0.3) is 0 Å². The van der Waals surface area contributed by atoms with E-state index in [-0.39, 0.29) is 0 Å². The van der Waals surface area contributed by atoms with Crippen molar-refractivity contribution in [2.75, 3.05) is 11.5 Å². The van der Waals surface area contributed by atoms with Crippen molar-refractivity contribution in [1.82, 2.24) is 0 Å². The van der Waals surface area contributed by atoms with Gasteiger partial charge in [-0.15, -0.1) is 0 Å². The molecule has 8 nitrogen and oxygen atoms in total. The van der Waals surface area contributed by atoms with Gasteiger partial charge in [-0.05, 0) is 11.5 Å². The summed E-state index contributed by atoms with van der Waals surface area (Å²) < 4.78 is 17.8. The summed E-state index contributed by atoms with van der Waals surface area (Å²) in [7, 11) is -9.28. The fourth-order valence-corrected chi connectivity index (χ4v) is 0. The standard InChI is InChI=1S/2C2H6S.2H3O4P/c2*1-2-3;2*1-5(2,3)4/h2*3H,2H2,1H3;2*(H3,1,2,3,4). The molecule has 16 heavy (non-hydrogen) atoms. The zero-order valence-electron chi connectivity index (χ0n) is 8.70. The Balaban J connectivity index is -0.0000000621. The molecule has 0 atom stereocenters. The maximum Gasteiger partial charge on any atom is 0.466 e. The molecule has 0 aromatic rings. The lowest BCUT2D eigenvalue weighted by Crippen LogP contribution is -1.66. The maximum absolute atomic E-state index is 8.88. The first-order chi connectivity index (χ1) is 6.83. The number of rotatable bonds is 0. The molecular formula is C4H18O8P2S2. The molecule has 0 saturated carbocycles. The van der Waals surface area contributed by atoms with Gasteiger partial charge in [-0.2, -0.15) is 25.3 Å². The molecule has 0 saturated heterocycles. The number of hydrogen-bond donors (Lipinski definition) is 8. The van der Waals surface area contributed by atoms with Crippen LogP contribution in [-0.2, 0) is 9.13 Å². The molecule has 0 unspecified atom stereocenters. The second-order valence-electron chi connectivity index (χ2n) is 1.66. The Morgan fingerprint density at radius 1 is 0.750 bits per heavy atom. The van der Waals surface area contributed by atoms with Crippen molar-refractivity contribution < 1.29 is 38.5 Å². The second-order valence-corrected chi connectivity index (χ2v) is 4.98. The summed E-state index contributed by atoms with van der Waals surface area (Å²) in [5.41, 5.74) is 0. The third kappa shape index (κ3) is 3420. The van der Waals surface area contributed by atoms with Gasteiger partial charge < -0.3 is 29.4 Å². The van der Waals surface area contributed by atoms with Crippen LogP contribution in [0, 0.1) is 0 Å². The molecule has 0 aromatic heterocycles. The number of phosphoric acid groups is 2. The first-order valence-electron chi connectivity index (χ1n) is 3.61. The highest BCUT2D eigenvalue weighted by Crippen LogP contribution is 2.26. The van der Waals surface area contributed by atoms with Gasteiger partial charge in [0.1, 0.15) is 0 Å². The van der Waals surface area contributed by atoms with Crippen molar-refractivity contribution >= 4 is 40.9 Å². The van der Waals surface area contributed by atoms with Crippen LogP contribution in [0.2, 0.25) is 0 Å². The Kier molecular flexibility index (Phi) is 25.6. The van der Waals surface area contributed by atoms with E-state index in [0.717, 1.165) is 11.5 Å². The summed E-state index contributed by atoms with van der Waals surface area (Å²) in [6, 6.07) is 0. The van der Waals surface area contributed by atoms with E-state index in [9.17, 15) is 0 Å². The number of thiol groups is 2. The molecule has 0 radical (unpaired) electrons. The van der Waals surface area contributed by atoms with Gasteiger partial charge in [0, 0.05) is 0 Å². The van der Waals surface area contributed by atoms with Crippen LogP contribution in [0.3, 0.4) is 0 Å². The predicted molar refractivity (Wildman–Crippen MR) is 67.6 cm³/mol. The van der Waals surface area contributed by atoms with Crippen molar-refractivity contribution in [2.45, 2.75) is 13.8 Å². The largest absolute Gasteiger partial charge is 0.466 e. The smallest absolute Gasteiger partial charge is 0.303 e. The van der Waals surface area contributed by atoms with E-state index < -0.39 is 15.6 Å². The van der Waals surface area contributed by atoms with E-state index in [1.165, 1.54) is 0 Å². The number of hydrogen-bond acceptors (Lipinski definition) is 4. The van der Waals surface area contributed by atoms with Gasteiger partial charge in [-0.3, -0.25) is 0 Å². The van der Waals surface area contributed by atoms with Gasteiger partial charge in [0.2, 0.25) is 0 Å². The van der Waals surface area contributed by atoms with Gasteiger partial charge >= 0.3 is 15.6 Å². The summed E-state index contributed by atoms with van der Waals surface area (Å²) in [6.45, 7) is 3.98. The van der Waals surface area contributed by atoms with E-state index in [1.54, 1.807) is 0 Å². The summed E-state index contributed by atoms with van der Waals surface area (Å²) in [5.74, 6) is 1.89. The fourth-order valence-electron chi connectivity index (χ4n) is 0. The Morgan fingerprint density at radius 2 is 0.750 bits per heavy atom. The molecule has 0 fully saturated rings. The topological polar surface area (TPSA) is 156 Å². The van der Waals surface area contributed by atoms with E-state index in [4.69, 9.17) is 38.5 Å². The zero-order chi connectivity index (χ0) is 14.4. The average Bonchev–Trinajstić information content (AvgIpc) is 1.79. The zero-order valence-corrected chi connectivity index (χ0v) is 12.3. The normalized spacial score (nSPS) is 9.62. The fraction of sp³-hybridized carbons (Fsp3) is 1.00. The molecule has 0 spiro atoms. The average molecular weight is 320 g/mol. The summed E-state index contributed by atoms with van der Waals surface area (Å²) in [6.07, 6.45) is 0. The lowest BCUT2D eigenvalue weighted by molar-refractivity contribution is 0.272. The minimum atomic E-state index is -4.64. The summed E-state index contributed by atoms with van der Waals surface area (Å²) in [5, 5.41) is 0. The predicted octanol–water partition coefficient (Wildman–Crippen LogP) is 0.0150. The van der Waals surface area contributed by atoms with Crippen molar-refractivity contribution in [3.05, 3.63) is 0 Å². The van der Waals surface area contributed by atoms with Crippen molar-refractivity contribution in [3.63, 3.8) is 0 Å². The van der Waals surface area contributed by atoms with Crippen LogP contribution < -0.4 is 0 Å².